The summed E-state index contributed by atoms with van der Waals surface area (Å²) >= 11 is 0. The maximum Gasteiger partial charge on any atom is 0.312 e. The fraction of sp³-hybridized carbons (Fsp3) is 0.909. The van der Waals surface area contributed by atoms with Gasteiger partial charge in [-0.15, -0.1) is 0 Å². The molecule has 0 aromatic carbocycles. The van der Waals surface area contributed by atoms with Crippen LogP contribution in [0.3, 0.4) is 0 Å². The summed E-state index contributed by atoms with van der Waals surface area (Å²) in [6.07, 6.45) is 4.69. The Hall–Kier alpha value is -0.620. The molecule has 2 N–H and O–H groups in total. The minimum atomic E-state index is -3.52. The van der Waals surface area contributed by atoms with Gasteiger partial charge in [-0.2, -0.15) is 0 Å². The van der Waals surface area contributed by atoms with E-state index in [0.29, 0.717) is 19.4 Å². The van der Waals surface area contributed by atoms with E-state index in [1.807, 2.05) is 0 Å². The lowest BCUT2D eigenvalue weighted by Crippen LogP contribution is -2.37. The molecule has 0 radical (unpaired) electrons. The van der Waals surface area contributed by atoms with Gasteiger partial charge < -0.3 is 4.74 Å². The van der Waals surface area contributed by atoms with E-state index in [0.717, 1.165) is 19.3 Å². The summed E-state index contributed by atoms with van der Waals surface area (Å²) in [5.41, 5.74) is -0.624. The number of primary sulfonamides is 1. The van der Waals surface area contributed by atoms with Crippen LogP contribution in [-0.4, -0.2) is 26.7 Å². The van der Waals surface area contributed by atoms with Gasteiger partial charge in [0.25, 0.3) is 0 Å². The average molecular weight is 263 g/mol. The molecule has 0 atom stereocenters. The van der Waals surface area contributed by atoms with Gasteiger partial charge in [0.15, 0.2) is 0 Å². The van der Waals surface area contributed by atoms with Gasteiger partial charge in [0, 0.05) is 0 Å². The Bertz CT molecular complexity index is 358. The Morgan fingerprint density at radius 2 is 1.88 bits per heavy atom. The van der Waals surface area contributed by atoms with Crippen molar-refractivity contribution in [3.05, 3.63) is 0 Å². The first kappa shape index (κ1) is 14.4. The first-order chi connectivity index (χ1) is 7.90. The molecule has 6 heteroatoms. The van der Waals surface area contributed by atoms with Crippen molar-refractivity contribution in [2.24, 2.45) is 10.6 Å². The van der Waals surface area contributed by atoms with Crippen LogP contribution >= 0.6 is 0 Å². The monoisotopic (exact) mass is 263 g/mol. The second-order valence-corrected chi connectivity index (χ2v) is 6.41. The first-order valence-electron chi connectivity index (χ1n) is 6.07. The molecule has 0 aliphatic heterocycles. The molecule has 0 bridgehead atoms. The maximum atomic E-state index is 12.0. The topological polar surface area (TPSA) is 86.5 Å². The lowest BCUT2D eigenvalue weighted by Gasteiger charge is -2.34. The molecule has 0 heterocycles. The number of carbonyl (C=O) groups excluding carboxylic acids is 1. The number of hydrogen-bond donors (Lipinski definition) is 1. The fourth-order valence-corrected chi connectivity index (χ4v) is 3.08. The van der Waals surface area contributed by atoms with Crippen molar-refractivity contribution in [2.75, 3.05) is 12.4 Å². The number of esters is 1. The lowest BCUT2D eigenvalue weighted by molar-refractivity contribution is -0.157. The van der Waals surface area contributed by atoms with E-state index < -0.39 is 15.4 Å². The van der Waals surface area contributed by atoms with Crippen molar-refractivity contribution < 1.29 is 17.9 Å². The molecule has 0 spiro atoms. The number of carbonyl (C=O) groups is 1. The zero-order chi connectivity index (χ0) is 12.9. The van der Waals surface area contributed by atoms with E-state index in [1.54, 1.807) is 6.92 Å². The molecule has 0 saturated heterocycles. The number of ether oxygens (including phenoxy) is 1. The molecule has 1 saturated carbocycles. The highest BCUT2D eigenvalue weighted by Crippen LogP contribution is 2.40. The van der Waals surface area contributed by atoms with Crippen molar-refractivity contribution in [1.29, 1.82) is 0 Å². The summed E-state index contributed by atoms with van der Waals surface area (Å²) < 4.78 is 27.1. The normalized spacial score (nSPS) is 19.9. The summed E-state index contributed by atoms with van der Waals surface area (Å²) in [7, 11) is -3.52. The number of sulfonamides is 1. The van der Waals surface area contributed by atoms with Crippen LogP contribution in [0.2, 0.25) is 0 Å². The van der Waals surface area contributed by atoms with Crippen molar-refractivity contribution >= 4 is 16.0 Å². The van der Waals surface area contributed by atoms with Gasteiger partial charge in [-0.25, -0.2) is 13.6 Å². The Morgan fingerprint density at radius 1 is 1.29 bits per heavy atom. The van der Waals surface area contributed by atoms with Gasteiger partial charge in [0.2, 0.25) is 10.0 Å². The van der Waals surface area contributed by atoms with Gasteiger partial charge in [0.1, 0.15) is 0 Å². The van der Waals surface area contributed by atoms with Gasteiger partial charge >= 0.3 is 5.97 Å². The second-order valence-electron chi connectivity index (χ2n) is 4.68. The van der Waals surface area contributed by atoms with E-state index in [4.69, 9.17) is 9.88 Å². The molecular weight excluding hydrogens is 242 g/mol. The minimum Gasteiger partial charge on any atom is -0.466 e. The molecule has 0 amide bonds. The molecule has 1 aliphatic rings. The van der Waals surface area contributed by atoms with Gasteiger partial charge in [-0.3, -0.25) is 4.79 Å². The molecule has 1 rings (SSSR count). The van der Waals surface area contributed by atoms with Crippen molar-refractivity contribution in [3.63, 3.8) is 0 Å². The van der Waals surface area contributed by atoms with Crippen LogP contribution in [0.4, 0.5) is 0 Å². The lowest BCUT2D eigenvalue weighted by atomic mass is 9.72. The van der Waals surface area contributed by atoms with Crippen LogP contribution in [0.25, 0.3) is 0 Å². The van der Waals surface area contributed by atoms with Crippen LogP contribution < -0.4 is 5.14 Å². The van der Waals surface area contributed by atoms with E-state index in [9.17, 15) is 13.2 Å². The Kier molecular flexibility index (Phi) is 4.94. The molecule has 17 heavy (non-hydrogen) atoms. The highest BCUT2D eigenvalue weighted by atomic mass is 32.2. The fourth-order valence-electron chi connectivity index (χ4n) is 2.41. The summed E-state index contributed by atoms with van der Waals surface area (Å²) in [4.78, 5) is 12.0. The maximum absolute atomic E-state index is 12.0. The smallest absolute Gasteiger partial charge is 0.312 e. The summed E-state index contributed by atoms with van der Waals surface area (Å²) in [6.45, 7) is 2.09. The minimum absolute atomic E-state index is 0.147. The summed E-state index contributed by atoms with van der Waals surface area (Å²) in [5.74, 6) is -0.408. The summed E-state index contributed by atoms with van der Waals surface area (Å²) in [5, 5.41) is 5.01. The molecule has 1 fully saturated rings. The third-order valence-electron chi connectivity index (χ3n) is 3.38. The molecular formula is C11H21NO4S. The van der Waals surface area contributed by atoms with E-state index in [-0.39, 0.29) is 18.1 Å². The third kappa shape index (κ3) is 4.27. The SMILES string of the molecule is CCOC(=O)C1(CCS(N)(=O)=O)CCCCC1. The van der Waals surface area contributed by atoms with Crippen LogP contribution in [0.15, 0.2) is 0 Å². The standard InChI is InChI=1S/C11H21NO4S/c1-2-16-10(13)11(6-4-3-5-7-11)8-9-17(12,14)15/h2-9H2,1H3,(H2,12,14,15). The molecule has 5 nitrogen and oxygen atoms in total. The number of rotatable bonds is 5. The van der Waals surface area contributed by atoms with E-state index >= 15 is 0 Å². The zero-order valence-corrected chi connectivity index (χ0v) is 11.1. The quantitative estimate of drug-likeness (QED) is 0.754. The van der Waals surface area contributed by atoms with Gasteiger partial charge in [-0.1, -0.05) is 19.3 Å². The van der Waals surface area contributed by atoms with E-state index in [1.165, 1.54) is 0 Å². The van der Waals surface area contributed by atoms with Crippen LogP contribution in [0, 0.1) is 5.41 Å². The predicted molar refractivity (Wildman–Crippen MR) is 64.7 cm³/mol. The van der Waals surface area contributed by atoms with Crippen molar-refractivity contribution in [1.82, 2.24) is 0 Å². The molecule has 1 aliphatic carbocycles. The van der Waals surface area contributed by atoms with Gasteiger partial charge in [0.05, 0.1) is 17.8 Å². The van der Waals surface area contributed by atoms with Gasteiger partial charge in [-0.05, 0) is 26.2 Å². The third-order valence-corrected chi connectivity index (χ3v) is 4.16. The Morgan fingerprint density at radius 3 is 2.35 bits per heavy atom. The molecule has 0 aromatic rings. The molecule has 100 valence electrons. The first-order valence-corrected chi connectivity index (χ1v) is 7.79. The molecule has 0 aromatic heterocycles. The number of hydrogen-bond acceptors (Lipinski definition) is 4. The number of nitrogens with two attached hydrogens (primary N) is 1. The van der Waals surface area contributed by atoms with Crippen LogP contribution in [-0.2, 0) is 19.6 Å². The highest BCUT2D eigenvalue weighted by molar-refractivity contribution is 7.89. The average Bonchev–Trinajstić information content (AvgIpc) is 2.27. The second kappa shape index (κ2) is 5.82. The van der Waals surface area contributed by atoms with Crippen molar-refractivity contribution in [2.45, 2.75) is 45.4 Å². The highest BCUT2D eigenvalue weighted by Gasteiger charge is 2.41. The van der Waals surface area contributed by atoms with Crippen LogP contribution in [0.1, 0.15) is 45.4 Å². The Balaban J connectivity index is 2.74. The Labute approximate surface area is 103 Å². The largest absolute Gasteiger partial charge is 0.466 e. The van der Waals surface area contributed by atoms with E-state index in [2.05, 4.69) is 0 Å². The predicted octanol–water partition coefficient (Wildman–Crippen LogP) is 1.18. The van der Waals surface area contributed by atoms with Crippen LogP contribution in [0.5, 0.6) is 0 Å². The molecule has 0 unspecified atom stereocenters. The zero-order valence-electron chi connectivity index (χ0n) is 10.3. The van der Waals surface area contributed by atoms with Crippen molar-refractivity contribution in [3.8, 4) is 0 Å². The summed E-state index contributed by atoms with van der Waals surface area (Å²) in [6, 6.07) is 0.